The van der Waals surface area contributed by atoms with Gasteiger partial charge in [0, 0.05) is 36.0 Å². The fraction of sp³-hybridized carbons (Fsp3) is 0.520. The van der Waals surface area contributed by atoms with Gasteiger partial charge in [-0.15, -0.1) is 11.3 Å². The number of hydrogen-bond donors (Lipinski definition) is 2. The van der Waals surface area contributed by atoms with Gasteiger partial charge in [0.25, 0.3) is 0 Å². The third-order valence-electron chi connectivity index (χ3n) is 6.53. The van der Waals surface area contributed by atoms with Gasteiger partial charge in [-0.3, -0.25) is 5.10 Å². The number of aliphatic hydroxyl groups is 1. The van der Waals surface area contributed by atoms with Crippen molar-refractivity contribution in [2.24, 2.45) is 0 Å². The Kier molecular flexibility index (Phi) is 6.03. The molecular weight excluding hydrogens is 446 g/mol. The number of β-amino-alcohol motifs (C(OH)–C–C–N with tert-alkyl or cyclic N) is 1. The predicted molar refractivity (Wildman–Crippen MR) is 135 cm³/mol. The van der Waals surface area contributed by atoms with E-state index in [4.69, 9.17) is 10.1 Å². The van der Waals surface area contributed by atoms with E-state index in [-0.39, 0.29) is 0 Å². The molecule has 0 saturated carbocycles. The molecule has 1 fully saturated rings. The lowest BCUT2D eigenvalue weighted by atomic mass is 9.96. The molecule has 9 heteroatoms. The van der Waals surface area contributed by atoms with Crippen molar-refractivity contribution in [2.75, 3.05) is 19.6 Å². The third kappa shape index (κ3) is 4.52. The largest absolute Gasteiger partial charge is 0.389 e. The van der Waals surface area contributed by atoms with Crippen molar-refractivity contribution < 1.29 is 5.11 Å². The molecule has 0 radical (unpaired) electrons. The highest BCUT2D eigenvalue weighted by Crippen LogP contribution is 2.40. The Morgan fingerprint density at radius 2 is 2.00 bits per heavy atom. The van der Waals surface area contributed by atoms with Crippen LogP contribution in [0.2, 0.25) is 0 Å². The smallest absolute Gasteiger partial charge is 0.158 e. The molecular formula is C25H33N7OS. The number of nitrogens with zero attached hydrogens (tertiary/aromatic N) is 6. The highest BCUT2D eigenvalue weighted by molar-refractivity contribution is 7.15. The molecule has 5 heterocycles. The van der Waals surface area contributed by atoms with E-state index in [0.717, 1.165) is 65.5 Å². The van der Waals surface area contributed by atoms with Crippen LogP contribution >= 0.6 is 11.3 Å². The summed E-state index contributed by atoms with van der Waals surface area (Å²) in [4.78, 5) is 12.7. The molecule has 4 aromatic heterocycles. The third-order valence-corrected chi connectivity index (χ3v) is 7.71. The van der Waals surface area contributed by atoms with Crippen molar-refractivity contribution >= 4 is 17.0 Å². The molecule has 4 aromatic rings. The zero-order valence-corrected chi connectivity index (χ0v) is 21.4. The van der Waals surface area contributed by atoms with Crippen LogP contribution in [0, 0.1) is 6.92 Å². The van der Waals surface area contributed by atoms with Gasteiger partial charge in [0.2, 0.25) is 0 Å². The summed E-state index contributed by atoms with van der Waals surface area (Å²) in [5.41, 5.74) is 5.55. The first-order chi connectivity index (χ1) is 16.2. The molecule has 0 spiro atoms. The van der Waals surface area contributed by atoms with E-state index in [9.17, 15) is 5.11 Å². The van der Waals surface area contributed by atoms with Gasteiger partial charge in [0.1, 0.15) is 6.33 Å². The van der Waals surface area contributed by atoms with Crippen molar-refractivity contribution in [3.8, 4) is 21.8 Å². The second-order valence-corrected chi connectivity index (χ2v) is 11.4. The topological polar surface area (TPSA) is 95.2 Å². The van der Waals surface area contributed by atoms with Crippen LogP contribution in [0.3, 0.4) is 0 Å². The van der Waals surface area contributed by atoms with Crippen molar-refractivity contribution in [2.45, 2.75) is 64.9 Å². The van der Waals surface area contributed by atoms with Crippen LogP contribution < -0.4 is 0 Å². The lowest BCUT2D eigenvalue weighted by molar-refractivity contribution is 0.0281. The quantitative estimate of drug-likeness (QED) is 0.419. The number of aromatic nitrogens is 6. The van der Waals surface area contributed by atoms with E-state index in [0.29, 0.717) is 11.8 Å². The van der Waals surface area contributed by atoms with E-state index in [1.807, 2.05) is 30.8 Å². The Hall–Kier alpha value is -2.62. The molecule has 1 saturated heterocycles. The molecule has 0 amide bonds. The molecule has 180 valence electrons. The number of pyridine rings is 1. The molecule has 0 unspecified atom stereocenters. The van der Waals surface area contributed by atoms with Crippen molar-refractivity contribution in [3.05, 3.63) is 40.9 Å². The highest BCUT2D eigenvalue weighted by Gasteiger charge is 2.27. The molecule has 34 heavy (non-hydrogen) atoms. The van der Waals surface area contributed by atoms with Crippen LogP contribution in [0.25, 0.3) is 27.5 Å². The van der Waals surface area contributed by atoms with E-state index in [2.05, 4.69) is 46.9 Å². The van der Waals surface area contributed by atoms with E-state index < -0.39 is 5.60 Å². The van der Waals surface area contributed by atoms with Gasteiger partial charge in [-0.1, -0.05) is 13.8 Å². The predicted octanol–water partition coefficient (Wildman–Crippen LogP) is 4.63. The number of aryl methyl sites for hydroxylation is 1. The fourth-order valence-electron chi connectivity index (χ4n) is 5.02. The van der Waals surface area contributed by atoms with Gasteiger partial charge in [0.15, 0.2) is 5.65 Å². The Labute approximate surface area is 204 Å². The number of thiazole rings is 1. The van der Waals surface area contributed by atoms with Crippen molar-refractivity contribution in [3.63, 3.8) is 0 Å². The van der Waals surface area contributed by atoms with Crippen LogP contribution in [0.1, 0.15) is 68.5 Å². The Morgan fingerprint density at radius 1 is 1.24 bits per heavy atom. The summed E-state index contributed by atoms with van der Waals surface area (Å²) < 4.78 is 1.82. The van der Waals surface area contributed by atoms with Crippen LogP contribution in [0.4, 0.5) is 0 Å². The second kappa shape index (κ2) is 8.87. The van der Waals surface area contributed by atoms with Gasteiger partial charge in [0.05, 0.1) is 26.9 Å². The normalized spacial score (nSPS) is 16.2. The number of aromatic amines is 1. The highest BCUT2D eigenvalue weighted by atomic mass is 32.1. The van der Waals surface area contributed by atoms with E-state index >= 15 is 0 Å². The maximum Gasteiger partial charge on any atom is 0.158 e. The number of fused-ring (bicyclic) bond motifs is 1. The second-order valence-electron chi connectivity index (χ2n) is 10.4. The minimum atomic E-state index is -0.649. The molecule has 1 aliphatic heterocycles. The van der Waals surface area contributed by atoms with Crippen LogP contribution in [-0.4, -0.2) is 65.0 Å². The standard InChI is InChI=1S/C25H33N7OS/c1-15(2)20-21(18-10-16(3)23-27-14-28-32(23)12-18)29-30-22(20)19-11-26-24(34-19)17-6-8-31(9-7-17)13-25(4,5)33/h10-12,14-15,17,33H,6-9,13H2,1-5H3,(H,29,30). The van der Waals surface area contributed by atoms with Gasteiger partial charge in [-0.2, -0.15) is 10.2 Å². The Balaban J connectivity index is 1.41. The summed E-state index contributed by atoms with van der Waals surface area (Å²) in [6.07, 6.45) is 7.73. The number of H-pyrrole nitrogens is 1. The molecule has 5 rings (SSSR count). The zero-order valence-electron chi connectivity index (χ0n) is 20.5. The van der Waals surface area contributed by atoms with Crippen molar-refractivity contribution in [1.82, 2.24) is 34.7 Å². The van der Waals surface area contributed by atoms with E-state index in [1.165, 1.54) is 10.6 Å². The molecule has 8 nitrogen and oxygen atoms in total. The van der Waals surface area contributed by atoms with Crippen LogP contribution in [0.5, 0.6) is 0 Å². The molecule has 1 aliphatic rings. The van der Waals surface area contributed by atoms with Gasteiger partial charge in [-0.05, 0) is 64.3 Å². The summed E-state index contributed by atoms with van der Waals surface area (Å²) in [5, 5.41) is 23.7. The molecule has 0 bridgehead atoms. The number of rotatable bonds is 6. The Bertz CT molecular complexity index is 1290. The van der Waals surface area contributed by atoms with Gasteiger partial charge >= 0.3 is 0 Å². The molecule has 0 atom stereocenters. The average Bonchev–Trinajstić information content (AvgIpc) is 3.51. The lowest BCUT2D eigenvalue weighted by Gasteiger charge is -2.34. The van der Waals surface area contributed by atoms with Crippen LogP contribution in [-0.2, 0) is 0 Å². The first-order valence-corrected chi connectivity index (χ1v) is 12.8. The zero-order chi connectivity index (χ0) is 24.0. The van der Waals surface area contributed by atoms with Gasteiger partial charge in [-0.25, -0.2) is 14.5 Å². The average molecular weight is 480 g/mol. The monoisotopic (exact) mass is 479 g/mol. The van der Waals surface area contributed by atoms with E-state index in [1.54, 1.807) is 17.7 Å². The SMILES string of the molecule is Cc1cc(-c2n[nH]c(-c3cnc(C4CCN(CC(C)(C)O)CC4)s3)c2C(C)C)cn2ncnc12. The minimum Gasteiger partial charge on any atom is -0.389 e. The molecule has 0 aromatic carbocycles. The number of likely N-dealkylation sites (tertiary alicyclic amines) is 1. The number of piperidine rings is 1. The minimum absolute atomic E-state index is 0.297. The first-order valence-electron chi connectivity index (χ1n) is 12.0. The van der Waals surface area contributed by atoms with Gasteiger partial charge < -0.3 is 10.0 Å². The maximum atomic E-state index is 10.1. The fourth-order valence-corrected chi connectivity index (χ4v) is 6.12. The summed E-state index contributed by atoms with van der Waals surface area (Å²) in [5.74, 6) is 0.769. The summed E-state index contributed by atoms with van der Waals surface area (Å²) in [6.45, 7) is 12.9. The van der Waals surface area contributed by atoms with Crippen molar-refractivity contribution in [1.29, 1.82) is 0 Å². The summed E-state index contributed by atoms with van der Waals surface area (Å²) >= 11 is 1.78. The summed E-state index contributed by atoms with van der Waals surface area (Å²) in [7, 11) is 0. The number of nitrogens with one attached hydrogen (secondary N) is 1. The van der Waals surface area contributed by atoms with Crippen LogP contribution in [0.15, 0.2) is 24.8 Å². The first kappa shape index (κ1) is 23.1. The number of hydrogen-bond acceptors (Lipinski definition) is 7. The molecule has 0 aliphatic carbocycles. The Morgan fingerprint density at radius 3 is 2.71 bits per heavy atom. The molecule has 2 N–H and O–H groups in total. The lowest BCUT2D eigenvalue weighted by Crippen LogP contribution is -2.42. The maximum absolute atomic E-state index is 10.1. The summed E-state index contributed by atoms with van der Waals surface area (Å²) in [6, 6.07) is 2.13.